The van der Waals surface area contributed by atoms with Gasteiger partial charge >= 0.3 is 6.18 Å². The highest BCUT2D eigenvalue weighted by atomic mass is 19.4. The van der Waals surface area contributed by atoms with Gasteiger partial charge in [-0.05, 0) is 42.7 Å². The number of carbonyl (C=O) groups excluding carboxylic acids is 1. The van der Waals surface area contributed by atoms with E-state index in [1.54, 1.807) is 0 Å². The first-order valence-corrected chi connectivity index (χ1v) is 9.99. The molecule has 0 fully saturated rings. The summed E-state index contributed by atoms with van der Waals surface area (Å²) in [7, 11) is 0. The van der Waals surface area contributed by atoms with Crippen LogP contribution in [0.25, 0.3) is 11.4 Å². The van der Waals surface area contributed by atoms with Gasteiger partial charge in [0.1, 0.15) is 11.6 Å². The molecule has 0 saturated carbocycles. The van der Waals surface area contributed by atoms with Crippen LogP contribution in [0.15, 0.2) is 42.5 Å². The molecule has 1 amide bonds. The lowest BCUT2D eigenvalue weighted by molar-refractivity contribution is -0.137. The maximum atomic E-state index is 14.5. The largest absolute Gasteiger partial charge is 0.416 e. The average molecular weight is 432 g/mol. The topological polar surface area (TPSA) is 59.8 Å². The summed E-state index contributed by atoms with van der Waals surface area (Å²) in [5.41, 5.74) is -0.0244. The first kappa shape index (κ1) is 21.0. The molecule has 9 heteroatoms. The Morgan fingerprint density at radius 1 is 1.06 bits per heavy atom. The Balaban J connectivity index is 1.53. The number of nitrogens with one attached hydrogen (secondary N) is 1. The second kappa shape index (κ2) is 8.49. The van der Waals surface area contributed by atoms with Crippen molar-refractivity contribution in [3.8, 4) is 11.4 Å². The number of carbonyl (C=O) groups is 1. The van der Waals surface area contributed by atoms with Crippen LogP contribution in [0.5, 0.6) is 0 Å². The van der Waals surface area contributed by atoms with Gasteiger partial charge in [0.25, 0.3) is 0 Å². The van der Waals surface area contributed by atoms with Crippen molar-refractivity contribution in [2.45, 2.75) is 44.8 Å². The molecule has 2 heterocycles. The number of nitrogens with zero attached hydrogens (tertiary/aromatic N) is 3. The molecule has 31 heavy (non-hydrogen) atoms. The van der Waals surface area contributed by atoms with Crippen LogP contribution in [0.3, 0.4) is 0 Å². The molecule has 1 aliphatic rings. The van der Waals surface area contributed by atoms with Crippen LogP contribution >= 0.6 is 0 Å². The van der Waals surface area contributed by atoms with Crippen LogP contribution in [0.2, 0.25) is 0 Å². The SMILES string of the molecule is O=C(Cc1cccc(C(F)(F)F)c1)Nc1ccc(F)c(-c2nnc3n2CCCCC3)c1. The van der Waals surface area contributed by atoms with Gasteiger partial charge in [-0.2, -0.15) is 13.2 Å². The second-order valence-corrected chi connectivity index (χ2v) is 7.52. The molecule has 0 aliphatic carbocycles. The number of rotatable bonds is 4. The first-order valence-electron chi connectivity index (χ1n) is 9.99. The molecule has 0 unspecified atom stereocenters. The van der Waals surface area contributed by atoms with Gasteiger partial charge < -0.3 is 9.88 Å². The van der Waals surface area contributed by atoms with Gasteiger partial charge in [0.05, 0.1) is 17.5 Å². The van der Waals surface area contributed by atoms with E-state index in [9.17, 15) is 22.4 Å². The minimum Gasteiger partial charge on any atom is -0.326 e. The number of alkyl halides is 3. The van der Waals surface area contributed by atoms with Crippen LogP contribution in [-0.4, -0.2) is 20.7 Å². The van der Waals surface area contributed by atoms with Crippen molar-refractivity contribution in [2.75, 3.05) is 5.32 Å². The highest BCUT2D eigenvalue weighted by Gasteiger charge is 2.30. The molecule has 0 radical (unpaired) electrons. The summed E-state index contributed by atoms with van der Waals surface area (Å²) in [5.74, 6) is 0.224. The van der Waals surface area contributed by atoms with Crippen molar-refractivity contribution in [2.24, 2.45) is 0 Å². The molecule has 4 rings (SSSR count). The molecule has 0 atom stereocenters. The number of anilines is 1. The normalized spacial score (nSPS) is 14.1. The molecule has 1 aliphatic heterocycles. The van der Waals surface area contributed by atoms with Gasteiger partial charge in [-0.3, -0.25) is 4.79 Å². The van der Waals surface area contributed by atoms with Crippen LogP contribution in [0.1, 0.15) is 36.2 Å². The summed E-state index contributed by atoms with van der Waals surface area (Å²) < 4.78 is 55.0. The number of amides is 1. The van der Waals surface area contributed by atoms with Gasteiger partial charge in [-0.1, -0.05) is 24.6 Å². The van der Waals surface area contributed by atoms with E-state index in [4.69, 9.17) is 0 Å². The number of aryl methyl sites for hydroxylation is 1. The predicted molar refractivity (Wildman–Crippen MR) is 107 cm³/mol. The van der Waals surface area contributed by atoms with Crippen LogP contribution in [-0.2, 0) is 30.4 Å². The number of fused-ring (bicyclic) bond motifs is 1. The summed E-state index contributed by atoms with van der Waals surface area (Å²) in [6, 6.07) is 8.72. The zero-order valence-electron chi connectivity index (χ0n) is 16.5. The van der Waals surface area contributed by atoms with Crippen molar-refractivity contribution >= 4 is 11.6 Å². The molecule has 2 aromatic carbocycles. The smallest absolute Gasteiger partial charge is 0.326 e. The quantitative estimate of drug-likeness (QED) is 0.590. The fourth-order valence-corrected chi connectivity index (χ4v) is 3.71. The Hall–Kier alpha value is -3.23. The third kappa shape index (κ3) is 4.76. The van der Waals surface area contributed by atoms with Gasteiger partial charge in [0.2, 0.25) is 5.91 Å². The van der Waals surface area contributed by atoms with E-state index in [0.717, 1.165) is 43.6 Å². The molecule has 1 N–H and O–H groups in total. The van der Waals surface area contributed by atoms with Crippen molar-refractivity contribution in [3.05, 3.63) is 65.2 Å². The number of halogens is 4. The fraction of sp³-hybridized carbons (Fsp3) is 0.318. The van der Waals surface area contributed by atoms with E-state index < -0.39 is 23.5 Å². The third-order valence-electron chi connectivity index (χ3n) is 5.22. The minimum atomic E-state index is -4.48. The van der Waals surface area contributed by atoms with E-state index in [1.807, 2.05) is 4.57 Å². The summed E-state index contributed by atoms with van der Waals surface area (Å²) in [6.07, 6.45) is -0.913. The average Bonchev–Trinajstić information content (AvgIpc) is 2.96. The number of benzene rings is 2. The molecule has 3 aromatic rings. The van der Waals surface area contributed by atoms with E-state index in [-0.39, 0.29) is 17.5 Å². The van der Waals surface area contributed by atoms with Crippen LogP contribution in [0, 0.1) is 5.82 Å². The molecule has 5 nitrogen and oxygen atoms in total. The Morgan fingerprint density at radius 3 is 2.71 bits per heavy atom. The fourth-order valence-electron chi connectivity index (χ4n) is 3.71. The van der Waals surface area contributed by atoms with Crippen LogP contribution < -0.4 is 5.32 Å². The first-order chi connectivity index (χ1) is 14.8. The Kier molecular flexibility index (Phi) is 5.75. The van der Waals surface area contributed by atoms with Crippen molar-refractivity contribution in [1.82, 2.24) is 14.8 Å². The monoisotopic (exact) mass is 432 g/mol. The predicted octanol–water partition coefficient (Wildman–Crippen LogP) is 5.01. The molecule has 0 bridgehead atoms. The number of aromatic nitrogens is 3. The highest BCUT2D eigenvalue weighted by Crippen LogP contribution is 2.30. The van der Waals surface area contributed by atoms with E-state index >= 15 is 0 Å². The molecular formula is C22H20F4N4O. The number of hydrogen-bond acceptors (Lipinski definition) is 3. The molecule has 0 spiro atoms. The highest BCUT2D eigenvalue weighted by molar-refractivity contribution is 5.92. The molecule has 162 valence electrons. The van der Waals surface area contributed by atoms with Crippen molar-refractivity contribution in [3.63, 3.8) is 0 Å². The summed E-state index contributed by atoms with van der Waals surface area (Å²) >= 11 is 0. The standard InChI is InChI=1S/C22H20F4N4O/c23-18-9-8-16(13-17(18)21-29-28-19-7-2-1-3-10-30(19)21)27-20(31)12-14-5-4-6-15(11-14)22(24,25)26/h4-6,8-9,11,13H,1-3,7,10,12H2,(H,27,31). The lowest BCUT2D eigenvalue weighted by atomic mass is 10.1. The summed E-state index contributed by atoms with van der Waals surface area (Å²) in [6.45, 7) is 0.698. The summed E-state index contributed by atoms with van der Waals surface area (Å²) in [4.78, 5) is 12.4. The Morgan fingerprint density at radius 2 is 1.90 bits per heavy atom. The molecular weight excluding hydrogens is 412 g/mol. The van der Waals surface area contributed by atoms with E-state index in [0.29, 0.717) is 18.1 Å². The van der Waals surface area contributed by atoms with Gasteiger partial charge in [-0.25, -0.2) is 4.39 Å². The van der Waals surface area contributed by atoms with Gasteiger partial charge in [0, 0.05) is 18.7 Å². The Labute approximate surface area is 176 Å². The van der Waals surface area contributed by atoms with Gasteiger partial charge in [-0.15, -0.1) is 10.2 Å². The second-order valence-electron chi connectivity index (χ2n) is 7.52. The maximum absolute atomic E-state index is 14.5. The van der Waals surface area contributed by atoms with Gasteiger partial charge in [0.15, 0.2) is 5.82 Å². The van der Waals surface area contributed by atoms with E-state index in [1.165, 1.54) is 30.3 Å². The lowest BCUT2D eigenvalue weighted by Crippen LogP contribution is -2.15. The maximum Gasteiger partial charge on any atom is 0.416 e. The minimum absolute atomic E-state index is 0.220. The summed E-state index contributed by atoms with van der Waals surface area (Å²) in [5, 5.41) is 10.9. The lowest BCUT2D eigenvalue weighted by Gasteiger charge is -2.11. The molecule has 1 aromatic heterocycles. The van der Waals surface area contributed by atoms with E-state index in [2.05, 4.69) is 15.5 Å². The number of hydrogen-bond donors (Lipinski definition) is 1. The zero-order valence-corrected chi connectivity index (χ0v) is 16.5. The zero-order chi connectivity index (χ0) is 22.0. The van der Waals surface area contributed by atoms with Crippen molar-refractivity contribution < 1.29 is 22.4 Å². The molecule has 0 saturated heterocycles. The Bertz CT molecular complexity index is 1110. The van der Waals surface area contributed by atoms with Crippen molar-refractivity contribution in [1.29, 1.82) is 0 Å². The third-order valence-corrected chi connectivity index (χ3v) is 5.22. The van der Waals surface area contributed by atoms with Crippen LogP contribution in [0.4, 0.5) is 23.2 Å².